The number of ether oxygens (including phenoxy) is 1. The number of halogens is 1. The van der Waals surface area contributed by atoms with Gasteiger partial charge in [0.25, 0.3) is 5.91 Å². The molecule has 6 heteroatoms. The lowest BCUT2D eigenvalue weighted by atomic mass is 9.87. The summed E-state index contributed by atoms with van der Waals surface area (Å²) in [6.45, 7) is 6.66. The average molecular weight is 606 g/mol. The molecule has 1 aliphatic rings. The summed E-state index contributed by atoms with van der Waals surface area (Å²) in [5.41, 5.74) is 3.20. The molecule has 1 aliphatic carbocycles. The number of hydrogen-bond donors (Lipinski definition) is 1. The summed E-state index contributed by atoms with van der Waals surface area (Å²) in [6.07, 6.45) is 5.86. The van der Waals surface area contributed by atoms with Crippen molar-refractivity contribution < 1.29 is 14.3 Å². The van der Waals surface area contributed by atoms with Gasteiger partial charge in [0, 0.05) is 23.5 Å². The minimum atomic E-state index is -0.660. The van der Waals surface area contributed by atoms with Crippen LogP contribution < -0.4 is 10.1 Å². The second-order valence-electron chi connectivity index (χ2n) is 11.8. The molecular formula is C34H41BrN2O3. The zero-order chi connectivity index (χ0) is 28.5. The number of nitrogens with one attached hydrogen (secondary N) is 1. The molecule has 0 bridgehead atoms. The first-order valence-electron chi connectivity index (χ1n) is 14.3. The third kappa shape index (κ3) is 8.69. The molecule has 5 nitrogen and oxygen atoms in total. The second-order valence-corrected chi connectivity index (χ2v) is 12.7. The van der Waals surface area contributed by atoms with E-state index < -0.39 is 6.04 Å². The van der Waals surface area contributed by atoms with Crippen molar-refractivity contribution in [1.29, 1.82) is 0 Å². The summed E-state index contributed by atoms with van der Waals surface area (Å²) in [5.74, 6) is 0.314. The molecule has 0 spiro atoms. The lowest BCUT2D eigenvalue weighted by Crippen LogP contribution is -2.53. The lowest BCUT2D eigenvalue weighted by Gasteiger charge is -2.33. The van der Waals surface area contributed by atoms with Crippen molar-refractivity contribution in [3.8, 4) is 5.75 Å². The van der Waals surface area contributed by atoms with Crippen molar-refractivity contribution in [2.45, 2.75) is 83.3 Å². The molecule has 1 atom stereocenters. The Balaban J connectivity index is 1.58. The maximum Gasteiger partial charge on any atom is 0.261 e. The van der Waals surface area contributed by atoms with E-state index >= 15 is 0 Å². The Morgan fingerprint density at radius 3 is 2.17 bits per heavy atom. The van der Waals surface area contributed by atoms with E-state index in [1.165, 1.54) is 12.0 Å². The third-order valence-electron chi connectivity index (χ3n) is 7.57. The van der Waals surface area contributed by atoms with Crippen molar-refractivity contribution >= 4 is 27.7 Å². The van der Waals surface area contributed by atoms with Gasteiger partial charge in [-0.2, -0.15) is 0 Å². The van der Waals surface area contributed by atoms with E-state index in [2.05, 4.69) is 42.0 Å². The Bertz CT molecular complexity index is 1230. The Kier molecular flexibility index (Phi) is 10.4. The van der Waals surface area contributed by atoms with Crippen LogP contribution in [0.1, 0.15) is 69.6 Å². The van der Waals surface area contributed by atoms with Gasteiger partial charge >= 0.3 is 0 Å². The summed E-state index contributed by atoms with van der Waals surface area (Å²) in [6, 6.07) is 25.2. The van der Waals surface area contributed by atoms with Gasteiger partial charge in [-0.05, 0) is 59.2 Å². The standard InChI is InChI=1S/C34H41BrN2O3/c1-34(2,3)27-16-20-30(21-17-27)40-24-32(38)37(23-26-14-18-28(35)19-15-26)31(22-25-10-6-4-7-11-25)33(39)36-29-12-8-5-9-13-29/h4,6-7,10-11,14-21,29,31H,5,8-9,12-13,22-24H2,1-3H3,(H,36,39)/t31-/m1/s1. The molecule has 1 N–H and O–H groups in total. The van der Waals surface area contributed by atoms with Crippen LogP contribution in [0.5, 0.6) is 5.75 Å². The average Bonchev–Trinajstić information content (AvgIpc) is 2.95. The highest BCUT2D eigenvalue weighted by Gasteiger charge is 2.32. The van der Waals surface area contributed by atoms with Gasteiger partial charge in [0.2, 0.25) is 5.91 Å². The van der Waals surface area contributed by atoms with Gasteiger partial charge in [0.1, 0.15) is 11.8 Å². The SMILES string of the molecule is CC(C)(C)c1ccc(OCC(=O)N(Cc2ccc(Br)cc2)[C@H](Cc2ccccc2)C(=O)NC2CCCCC2)cc1. The number of carbonyl (C=O) groups is 2. The van der Waals surface area contributed by atoms with Gasteiger partial charge in [0.15, 0.2) is 6.61 Å². The number of hydrogen-bond acceptors (Lipinski definition) is 3. The fraction of sp³-hybridized carbons (Fsp3) is 0.412. The molecule has 1 saturated carbocycles. The second kappa shape index (κ2) is 14.0. The molecule has 0 saturated heterocycles. The zero-order valence-electron chi connectivity index (χ0n) is 23.9. The van der Waals surface area contributed by atoms with Gasteiger partial charge in [-0.1, -0.05) is 111 Å². The molecule has 1 fully saturated rings. The molecule has 0 radical (unpaired) electrons. The summed E-state index contributed by atoms with van der Waals surface area (Å²) in [7, 11) is 0. The molecule has 3 aromatic rings. The quantitative estimate of drug-likeness (QED) is 0.266. The maximum atomic E-state index is 13.9. The van der Waals surface area contributed by atoms with Gasteiger partial charge < -0.3 is 15.0 Å². The largest absolute Gasteiger partial charge is 0.484 e. The van der Waals surface area contributed by atoms with Crippen molar-refractivity contribution in [1.82, 2.24) is 10.2 Å². The van der Waals surface area contributed by atoms with Crippen LogP contribution in [0, 0.1) is 0 Å². The van der Waals surface area contributed by atoms with Crippen LogP contribution in [-0.4, -0.2) is 35.4 Å². The molecule has 0 aliphatic heterocycles. The zero-order valence-corrected chi connectivity index (χ0v) is 25.5. The predicted molar refractivity (Wildman–Crippen MR) is 164 cm³/mol. The maximum absolute atomic E-state index is 13.9. The Morgan fingerprint density at radius 2 is 1.55 bits per heavy atom. The van der Waals surface area contributed by atoms with E-state index in [4.69, 9.17) is 4.74 Å². The summed E-state index contributed by atoms with van der Waals surface area (Å²) >= 11 is 3.50. The number of amides is 2. The molecule has 3 aromatic carbocycles. The molecular weight excluding hydrogens is 564 g/mol. The van der Waals surface area contributed by atoms with E-state index in [0.717, 1.165) is 41.3 Å². The van der Waals surface area contributed by atoms with E-state index in [9.17, 15) is 9.59 Å². The van der Waals surface area contributed by atoms with Crippen LogP contribution in [0.2, 0.25) is 0 Å². The third-order valence-corrected chi connectivity index (χ3v) is 8.10. The Labute approximate surface area is 247 Å². The highest BCUT2D eigenvalue weighted by atomic mass is 79.9. The van der Waals surface area contributed by atoms with Crippen LogP contribution in [0.3, 0.4) is 0 Å². The van der Waals surface area contributed by atoms with E-state index in [1.54, 1.807) is 4.90 Å². The first-order chi connectivity index (χ1) is 19.2. The number of benzene rings is 3. The highest BCUT2D eigenvalue weighted by Crippen LogP contribution is 2.25. The fourth-order valence-corrected chi connectivity index (χ4v) is 5.43. The summed E-state index contributed by atoms with van der Waals surface area (Å²) in [5, 5.41) is 3.28. The van der Waals surface area contributed by atoms with Gasteiger partial charge in [-0.15, -0.1) is 0 Å². The fourth-order valence-electron chi connectivity index (χ4n) is 5.16. The topological polar surface area (TPSA) is 58.6 Å². The summed E-state index contributed by atoms with van der Waals surface area (Å²) < 4.78 is 6.94. The first kappa shape index (κ1) is 29.9. The van der Waals surface area contributed by atoms with Crippen LogP contribution in [0.15, 0.2) is 83.3 Å². The van der Waals surface area contributed by atoms with Gasteiger partial charge in [0.05, 0.1) is 0 Å². The first-order valence-corrected chi connectivity index (χ1v) is 15.1. The number of rotatable bonds is 10. The predicted octanol–water partition coefficient (Wildman–Crippen LogP) is 7.21. The number of nitrogens with zero attached hydrogens (tertiary/aromatic N) is 1. The Morgan fingerprint density at radius 1 is 0.900 bits per heavy atom. The minimum absolute atomic E-state index is 0.0339. The van der Waals surface area contributed by atoms with Crippen LogP contribution in [-0.2, 0) is 28.0 Å². The lowest BCUT2D eigenvalue weighted by molar-refractivity contribution is -0.143. The molecule has 0 aromatic heterocycles. The molecule has 40 heavy (non-hydrogen) atoms. The normalized spacial score (nSPS) is 14.8. The van der Waals surface area contributed by atoms with Crippen molar-refractivity contribution in [2.75, 3.05) is 6.61 Å². The van der Waals surface area contributed by atoms with E-state index in [0.29, 0.717) is 18.7 Å². The van der Waals surface area contributed by atoms with Crippen LogP contribution in [0.4, 0.5) is 0 Å². The molecule has 212 valence electrons. The monoisotopic (exact) mass is 604 g/mol. The van der Waals surface area contributed by atoms with Crippen molar-refractivity contribution in [2.24, 2.45) is 0 Å². The molecule has 0 unspecified atom stereocenters. The van der Waals surface area contributed by atoms with E-state index in [-0.39, 0.29) is 29.9 Å². The highest BCUT2D eigenvalue weighted by molar-refractivity contribution is 9.10. The molecule has 0 heterocycles. The van der Waals surface area contributed by atoms with E-state index in [1.807, 2.05) is 78.9 Å². The molecule has 2 amide bonds. The van der Waals surface area contributed by atoms with Crippen LogP contribution in [0.25, 0.3) is 0 Å². The van der Waals surface area contributed by atoms with Gasteiger partial charge in [-0.25, -0.2) is 0 Å². The smallest absolute Gasteiger partial charge is 0.261 e. The minimum Gasteiger partial charge on any atom is -0.484 e. The molecule has 4 rings (SSSR count). The van der Waals surface area contributed by atoms with Gasteiger partial charge in [-0.3, -0.25) is 9.59 Å². The van der Waals surface area contributed by atoms with Crippen molar-refractivity contribution in [3.63, 3.8) is 0 Å². The number of carbonyl (C=O) groups excluding carboxylic acids is 2. The Hall–Kier alpha value is -3.12. The summed E-state index contributed by atoms with van der Waals surface area (Å²) in [4.78, 5) is 29.4. The van der Waals surface area contributed by atoms with Crippen molar-refractivity contribution in [3.05, 3.63) is 100 Å². The van der Waals surface area contributed by atoms with Crippen LogP contribution >= 0.6 is 15.9 Å².